The molecule has 0 fully saturated rings. The summed E-state index contributed by atoms with van der Waals surface area (Å²) in [5, 5.41) is 0. The molecule has 2 rings (SSSR count). The molecular weight excluding hydrogens is 440 g/mol. The van der Waals surface area contributed by atoms with Crippen molar-refractivity contribution >= 4 is 21.9 Å². The van der Waals surface area contributed by atoms with Crippen LogP contribution in [0.3, 0.4) is 0 Å². The number of ether oxygens (including phenoxy) is 1. The van der Waals surface area contributed by atoms with Crippen molar-refractivity contribution in [2.24, 2.45) is 5.92 Å². The van der Waals surface area contributed by atoms with Gasteiger partial charge in [0.25, 0.3) is 0 Å². The normalized spacial score (nSPS) is 13.1. The van der Waals surface area contributed by atoms with Crippen LogP contribution in [0.25, 0.3) is 11.3 Å². The van der Waals surface area contributed by atoms with E-state index in [1.165, 1.54) is 44.9 Å². The summed E-state index contributed by atoms with van der Waals surface area (Å²) in [5.74, 6) is 0.139. The molecule has 164 valence electrons. The van der Waals surface area contributed by atoms with Crippen molar-refractivity contribution in [3.63, 3.8) is 0 Å². The molecule has 0 spiro atoms. The number of esters is 1. The molecule has 1 aromatic carbocycles. The van der Waals surface area contributed by atoms with Crippen LogP contribution >= 0.6 is 15.9 Å². The van der Waals surface area contributed by atoms with Crippen molar-refractivity contribution in [3.05, 3.63) is 42.4 Å². The highest BCUT2D eigenvalue weighted by atomic mass is 79.9. The van der Waals surface area contributed by atoms with Crippen LogP contribution in [0, 0.1) is 5.92 Å². The second-order valence-electron chi connectivity index (χ2n) is 7.92. The van der Waals surface area contributed by atoms with Gasteiger partial charge >= 0.3 is 5.97 Å². The number of carbonyl (C=O) groups excluding carboxylic acids is 1. The molecule has 0 amide bonds. The summed E-state index contributed by atoms with van der Waals surface area (Å²) >= 11 is 3.52. The zero-order valence-corrected chi connectivity index (χ0v) is 20.2. The van der Waals surface area contributed by atoms with Gasteiger partial charge in [0.1, 0.15) is 5.75 Å². The van der Waals surface area contributed by atoms with Crippen LogP contribution in [-0.2, 0) is 11.2 Å². The molecule has 0 saturated carbocycles. The van der Waals surface area contributed by atoms with Crippen LogP contribution in [0.15, 0.2) is 36.7 Å². The molecule has 0 aliphatic carbocycles. The summed E-state index contributed by atoms with van der Waals surface area (Å²) in [6.45, 7) is 6.17. The summed E-state index contributed by atoms with van der Waals surface area (Å²) in [6, 6.07) is 7.45. The van der Waals surface area contributed by atoms with E-state index in [1.807, 2.05) is 50.5 Å². The molecule has 1 aromatic heterocycles. The van der Waals surface area contributed by atoms with Gasteiger partial charge in [0, 0.05) is 16.6 Å². The van der Waals surface area contributed by atoms with E-state index < -0.39 is 0 Å². The second-order valence-corrected chi connectivity index (χ2v) is 9.10. The fourth-order valence-corrected chi connectivity index (χ4v) is 3.52. The van der Waals surface area contributed by atoms with Gasteiger partial charge in [0.05, 0.1) is 23.5 Å². The van der Waals surface area contributed by atoms with Gasteiger partial charge in [-0.3, -0.25) is 14.8 Å². The molecular formula is C25H35BrN2O2. The third-order valence-corrected chi connectivity index (χ3v) is 6.86. The summed E-state index contributed by atoms with van der Waals surface area (Å²) < 4.78 is 5.49. The Hall–Kier alpha value is -1.75. The predicted octanol–water partition coefficient (Wildman–Crippen LogP) is 7.15. The molecule has 0 aliphatic heterocycles. The van der Waals surface area contributed by atoms with Crippen molar-refractivity contribution in [2.45, 2.75) is 83.4 Å². The van der Waals surface area contributed by atoms with Gasteiger partial charge in [0.2, 0.25) is 0 Å². The fraction of sp³-hybridized carbons (Fsp3) is 0.560. The average Bonchev–Trinajstić information content (AvgIpc) is 2.78. The maximum absolute atomic E-state index is 12.2. The summed E-state index contributed by atoms with van der Waals surface area (Å²) in [4.78, 5) is 21.5. The van der Waals surface area contributed by atoms with Gasteiger partial charge in [-0.15, -0.1) is 0 Å². The summed E-state index contributed by atoms with van der Waals surface area (Å²) in [5.41, 5.74) is 2.84. The molecule has 2 unspecified atom stereocenters. The van der Waals surface area contributed by atoms with Crippen LogP contribution in [0.1, 0.15) is 77.8 Å². The number of benzene rings is 1. The fourth-order valence-electron chi connectivity index (χ4n) is 3.30. The number of carbonyl (C=O) groups is 1. The molecule has 4 nitrogen and oxygen atoms in total. The number of nitrogens with zero attached hydrogens (tertiary/aromatic N) is 2. The molecule has 2 aromatic rings. The molecule has 1 heterocycles. The van der Waals surface area contributed by atoms with Crippen LogP contribution in [0.5, 0.6) is 5.75 Å². The monoisotopic (exact) mass is 474 g/mol. The number of unbranched alkanes of at least 4 members (excludes halogenated alkanes) is 6. The maximum atomic E-state index is 12.2. The average molecular weight is 475 g/mol. The lowest BCUT2D eigenvalue weighted by molar-refractivity contribution is -0.138. The Bertz CT molecular complexity index is 747. The molecule has 2 atom stereocenters. The highest BCUT2D eigenvalue weighted by Crippen LogP contribution is 2.23. The number of alkyl halides is 1. The number of hydrogen-bond acceptors (Lipinski definition) is 4. The third kappa shape index (κ3) is 8.17. The Balaban J connectivity index is 1.81. The Kier molecular flexibility index (Phi) is 11.1. The van der Waals surface area contributed by atoms with Gasteiger partial charge in [-0.2, -0.15) is 0 Å². The van der Waals surface area contributed by atoms with Gasteiger partial charge in [-0.05, 0) is 43.5 Å². The van der Waals surface area contributed by atoms with E-state index in [1.54, 1.807) is 0 Å². The lowest BCUT2D eigenvalue weighted by Crippen LogP contribution is -2.25. The van der Waals surface area contributed by atoms with E-state index in [2.05, 4.69) is 32.8 Å². The van der Waals surface area contributed by atoms with Gasteiger partial charge in [0.15, 0.2) is 0 Å². The zero-order chi connectivity index (χ0) is 21.8. The van der Waals surface area contributed by atoms with Crippen molar-refractivity contribution in [3.8, 4) is 17.0 Å². The van der Waals surface area contributed by atoms with Gasteiger partial charge < -0.3 is 4.74 Å². The summed E-state index contributed by atoms with van der Waals surface area (Å²) in [6.07, 6.45) is 14.7. The largest absolute Gasteiger partial charge is 0.426 e. The molecule has 5 heteroatoms. The quantitative estimate of drug-likeness (QED) is 0.134. The SMILES string of the molecule is CCCCCCCCCc1cnc(-c2ccc(OC(=O)C(C)C(Br)CC)cc2)cn1. The first-order chi connectivity index (χ1) is 14.5. The Morgan fingerprint density at radius 2 is 1.63 bits per heavy atom. The standard InChI is InChI=1S/C25H35BrN2O2/c1-4-6-7-8-9-10-11-12-21-17-28-24(18-27-21)20-13-15-22(16-14-20)30-25(29)19(3)23(26)5-2/h13-19,23H,4-12H2,1-3H3. The van der Waals surface area contributed by atoms with Crippen LogP contribution < -0.4 is 4.74 Å². The van der Waals surface area contributed by atoms with Gasteiger partial charge in [-0.1, -0.05) is 75.2 Å². The lowest BCUT2D eigenvalue weighted by Gasteiger charge is -2.15. The number of halogens is 1. The van der Waals surface area contributed by atoms with Gasteiger partial charge in [-0.25, -0.2) is 0 Å². The molecule has 0 aliphatic rings. The van der Waals surface area contributed by atoms with Crippen molar-refractivity contribution < 1.29 is 9.53 Å². The van der Waals surface area contributed by atoms with E-state index in [0.29, 0.717) is 5.75 Å². The first kappa shape index (κ1) is 24.5. The van der Waals surface area contributed by atoms with Crippen LogP contribution in [0.4, 0.5) is 0 Å². The third-order valence-electron chi connectivity index (χ3n) is 5.41. The molecule has 30 heavy (non-hydrogen) atoms. The lowest BCUT2D eigenvalue weighted by atomic mass is 10.1. The molecule has 0 radical (unpaired) electrons. The molecule has 0 N–H and O–H groups in total. The van der Waals surface area contributed by atoms with Crippen molar-refractivity contribution in [2.75, 3.05) is 0 Å². The highest BCUT2D eigenvalue weighted by molar-refractivity contribution is 9.09. The number of hydrogen-bond donors (Lipinski definition) is 0. The van der Waals surface area contributed by atoms with Crippen LogP contribution in [0.2, 0.25) is 0 Å². The smallest absolute Gasteiger partial charge is 0.315 e. The second kappa shape index (κ2) is 13.5. The van der Waals surface area contributed by atoms with E-state index >= 15 is 0 Å². The number of aryl methyl sites for hydroxylation is 1. The number of aromatic nitrogens is 2. The topological polar surface area (TPSA) is 52.1 Å². The minimum Gasteiger partial charge on any atom is -0.426 e. The maximum Gasteiger partial charge on any atom is 0.315 e. The predicted molar refractivity (Wildman–Crippen MR) is 127 cm³/mol. The first-order valence-corrected chi connectivity index (χ1v) is 12.2. The summed E-state index contributed by atoms with van der Waals surface area (Å²) in [7, 11) is 0. The van der Waals surface area contributed by atoms with E-state index in [-0.39, 0.29) is 16.7 Å². The Morgan fingerprint density at radius 3 is 2.23 bits per heavy atom. The van der Waals surface area contributed by atoms with E-state index in [0.717, 1.165) is 29.8 Å². The molecule has 0 saturated heterocycles. The molecule has 0 bridgehead atoms. The van der Waals surface area contributed by atoms with Crippen molar-refractivity contribution in [1.82, 2.24) is 9.97 Å². The first-order valence-electron chi connectivity index (χ1n) is 11.3. The minimum absolute atomic E-state index is 0.124. The number of rotatable bonds is 13. The van der Waals surface area contributed by atoms with E-state index in [9.17, 15) is 4.79 Å². The van der Waals surface area contributed by atoms with E-state index in [4.69, 9.17) is 4.74 Å². The Labute approximate surface area is 190 Å². The zero-order valence-electron chi connectivity index (χ0n) is 18.6. The Morgan fingerprint density at radius 1 is 0.967 bits per heavy atom. The van der Waals surface area contributed by atoms with Crippen LogP contribution in [-0.4, -0.2) is 20.8 Å². The highest BCUT2D eigenvalue weighted by Gasteiger charge is 2.22. The van der Waals surface area contributed by atoms with Crippen molar-refractivity contribution in [1.29, 1.82) is 0 Å². The minimum atomic E-state index is -0.221.